The number of fused-ring (bicyclic) bond motifs is 1. The van der Waals surface area contributed by atoms with Crippen molar-refractivity contribution in [3.05, 3.63) is 41.0 Å². The normalized spacial score (nSPS) is 16.1. The SMILES string of the molecule is COc1ccc(C[C@@H]2COc3c(C)c(O)c(OC)c(O)c3C2=O)cc1. The molecule has 0 unspecified atom stereocenters. The van der Waals surface area contributed by atoms with Crippen LogP contribution in [0, 0.1) is 12.8 Å². The first kappa shape index (κ1) is 17.0. The first-order valence-electron chi connectivity index (χ1n) is 7.90. The number of carbonyl (C=O) groups is 1. The number of phenols is 2. The first-order chi connectivity index (χ1) is 12.0. The molecule has 0 aliphatic carbocycles. The maximum absolute atomic E-state index is 12.9. The van der Waals surface area contributed by atoms with Gasteiger partial charge < -0.3 is 24.4 Å². The fourth-order valence-electron chi connectivity index (χ4n) is 3.06. The number of Topliss-reactive ketones (excluding diaryl/α,β-unsaturated/α-hetero) is 1. The monoisotopic (exact) mass is 344 g/mol. The number of methoxy groups -OCH3 is 2. The molecule has 0 saturated heterocycles. The van der Waals surface area contributed by atoms with Gasteiger partial charge in [-0.15, -0.1) is 0 Å². The minimum atomic E-state index is -0.430. The topological polar surface area (TPSA) is 85.2 Å². The molecule has 3 rings (SSSR count). The van der Waals surface area contributed by atoms with Gasteiger partial charge in [-0.25, -0.2) is 0 Å². The molecule has 0 amide bonds. The van der Waals surface area contributed by atoms with Gasteiger partial charge in [0.25, 0.3) is 0 Å². The highest BCUT2D eigenvalue weighted by Crippen LogP contribution is 2.49. The second-order valence-electron chi connectivity index (χ2n) is 5.98. The minimum absolute atomic E-state index is 0.0666. The molecule has 2 N–H and O–H groups in total. The average Bonchev–Trinajstić information content (AvgIpc) is 2.62. The first-order valence-corrected chi connectivity index (χ1v) is 7.90. The van der Waals surface area contributed by atoms with Crippen LogP contribution in [0.4, 0.5) is 0 Å². The standard InChI is InChI=1S/C19H20O6/c1-10-15(20)19(24-3)17(22)14-16(21)12(9-25-18(10)14)8-11-4-6-13(23-2)7-5-11/h4-7,12,20,22H,8-9H2,1-3H3/t12-/m1/s1. The molecule has 25 heavy (non-hydrogen) atoms. The summed E-state index contributed by atoms with van der Waals surface area (Å²) in [6, 6.07) is 7.45. The number of phenolic OH excluding ortho intramolecular Hbond substituents is 2. The lowest BCUT2D eigenvalue weighted by Gasteiger charge is -2.27. The Morgan fingerprint density at radius 2 is 1.80 bits per heavy atom. The van der Waals surface area contributed by atoms with Crippen molar-refractivity contribution in [1.82, 2.24) is 0 Å². The Balaban J connectivity index is 1.94. The molecule has 1 aliphatic heterocycles. The summed E-state index contributed by atoms with van der Waals surface area (Å²) >= 11 is 0. The molecule has 0 saturated carbocycles. The van der Waals surface area contributed by atoms with Crippen LogP contribution in [0.3, 0.4) is 0 Å². The summed E-state index contributed by atoms with van der Waals surface area (Å²) < 4.78 is 15.9. The van der Waals surface area contributed by atoms with E-state index >= 15 is 0 Å². The highest BCUT2D eigenvalue weighted by molar-refractivity contribution is 6.05. The lowest BCUT2D eigenvalue weighted by Crippen LogP contribution is -2.30. The highest BCUT2D eigenvalue weighted by Gasteiger charge is 2.36. The van der Waals surface area contributed by atoms with Crippen LogP contribution in [-0.2, 0) is 6.42 Å². The van der Waals surface area contributed by atoms with Crippen molar-refractivity contribution in [1.29, 1.82) is 0 Å². The lowest BCUT2D eigenvalue weighted by atomic mass is 9.87. The predicted octanol–water partition coefficient (Wildman–Crippen LogP) is 2.86. The summed E-state index contributed by atoms with van der Waals surface area (Å²) in [6.07, 6.45) is 0.476. The fourth-order valence-corrected chi connectivity index (χ4v) is 3.06. The maximum Gasteiger partial charge on any atom is 0.204 e. The number of ether oxygens (including phenoxy) is 3. The zero-order valence-electron chi connectivity index (χ0n) is 14.3. The third-order valence-electron chi connectivity index (χ3n) is 4.48. The van der Waals surface area contributed by atoms with Crippen molar-refractivity contribution in [3.8, 4) is 28.7 Å². The van der Waals surface area contributed by atoms with Crippen LogP contribution in [0.5, 0.6) is 28.7 Å². The molecule has 0 radical (unpaired) electrons. The predicted molar refractivity (Wildman–Crippen MR) is 91.1 cm³/mol. The van der Waals surface area contributed by atoms with Gasteiger partial charge in [0.1, 0.15) is 17.1 Å². The molecule has 6 nitrogen and oxygen atoms in total. The van der Waals surface area contributed by atoms with Crippen molar-refractivity contribution in [2.24, 2.45) is 5.92 Å². The van der Waals surface area contributed by atoms with Gasteiger partial charge in [0.15, 0.2) is 17.3 Å². The fraction of sp³-hybridized carbons (Fsp3) is 0.316. The van der Waals surface area contributed by atoms with Gasteiger partial charge in [0, 0.05) is 5.56 Å². The molecule has 1 atom stereocenters. The summed E-state index contributed by atoms with van der Waals surface area (Å²) in [6.45, 7) is 1.80. The number of benzene rings is 2. The highest BCUT2D eigenvalue weighted by atomic mass is 16.5. The molecule has 1 aliphatic rings. The van der Waals surface area contributed by atoms with Gasteiger partial charge in [0.2, 0.25) is 5.75 Å². The second-order valence-corrected chi connectivity index (χ2v) is 5.98. The van der Waals surface area contributed by atoms with E-state index in [1.165, 1.54) is 7.11 Å². The molecule has 1 heterocycles. The van der Waals surface area contributed by atoms with Crippen molar-refractivity contribution in [2.45, 2.75) is 13.3 Å². The van der Waals surface area contributed by atoms with E-state index in [9.17, 15) is 15.0 Å². The van der Waals surface area contributed by atoms with E-state index in [0.717, 1.165) is 11.3 Å². The Kier molecular flexibility index (Phi) is 4.44. The van der Waals surface area contributed by atoms with Gasteiger partial charge in [-0.2, -0.15) is 0 Å². The van der Waals surface area contributed by atoms with E-state index in [1.54, 1.807) is 14.0 Å². The van der Waals surface area contributed by atoms with Crippen LogP contribution in [-0.4, -0.2) is 36.8 Å². The Morgan fingerprint density at radius 3 is 2.40 bits per heavy atom. The van der Waals surface area contributed by atoms with Crippen LogP contribution >= 0.6 is 0 Å². The smallest absolute Gasteiger partial charge is 0.204 e. The molecule has 6 heteroatoms. The largest absolute Gasteiger partial charge is 0.504 e. The van der Waals surface area contributed by atoms with Crippen molar-refractivity contribution in [2.75, 3.05) is 20.8 Å². The second kappa shape index (κ2) is 6.55. The third kappa shape index (κ3) is 2.84. The number of rotatable bonds is 4. The van der Waals surface area contributed by atoms with Crippen molar-refractivity contribution >= 4 is 5.78 Å². The van der Waals surface area contributed by atoms with Gasteiger partial charge in [0.05, 0.1) is 26.7 Å². The quantitative estimate of drug-likeness (QED) is 0.887. The van der Waals surface area contributed by atoms with E-state index in [4.69, 9.17) is 14.2 Å². The van der Waals surface area contributed by atoms with Gasteiger partial charge in [-0.05, 0) is 31.0 Å². The number of carbonyl (C=O) groups excluding carboxylic acids is 1. The van der Waals surface area contributed by atoms with Crippen molar-refractivity contribution < 1.29 is 29.2 Å². The Hall–Kier alpha value is -2.89. The molecule has 0 aromatic heterocycles. The molecule has 0 fully saturated rings. The van der Waals surface area contributed by atoms with E-state index in [1.807, 2.05) is 24.3 Å². The summed E-state index contributed by atoms with van der Waals surface area (Å²) in [4.78, 5) is 12.9. The number of hydrogen-bond donors (Lipinski definition) is 2. The number of ketones is 1. The van der Waals surface area contributed by atoms with Crippen LogP contribution in [0.1, 0.15) is 21.5 Å². The molecular formula is C19H20O6. The van der Waals surface area contributed by atoms with Gasteiger partial charge in [-0.3, -0.25) is 4.79 Å². The van der Waals surface area contributed by atoms with E-state index < -0.39 is 5.92 Å². The van der Waals surface area contributed by atoms with Crippen LogP contribution in [0.15, 0.2) is 24.3 Å². The summed E-state index contributed by atoms with van der Waals surface area (Å²) in [5, 5.41) is 20.4. The molecule has 0 spiro atoms. The van der Waals surface area contributed by atoms with E-state index in [2.05, 4.69) is 0 Å². The van der Waals surface area contributed by atoms with Crippen LogP contribution in [0.2, 0.25) is 0 Å². The zero-order valence-corrected chi connectivity index (χ0v) is 14.3. The molecule has 132 valence electrons. The molecule has 2 aromatic carbocycles. The van der Waals surface area contributed by atoms with E-state index in [-0.39, 0.29) is 41.0 Å². The average molecular weight is 344 g/mol. The molecular weight excluding hydrogens is 324 g/mol. The number of hydrogen-bond acceptors (Lipinski definition) is 6. The van der Waals surface area contributed by atoms with Crippen LogP contribution < -0.4 is 14.2 Å². The van der Waals surface area contributed by atoms with Gasteiger partial charge >= 0.3 is 0 Å². The van der Waals surface area contributed by atoms with Gasteiger partial charge in [-0.1, -0.05) is 12.1 Å². The zero-order chi connectivity index (χ0) is 18.1. The Morgan fingerprint density at radius 1 is 1.12 bits per heavy atom. The van der Waals surface area contributed by atoms with Crippen LogP contribution in [0.25, 0.3) is 0 Å². The summed E-state index contributed by atoms with van der Waals surface area (Å²) in [5.41, 5.74) is 1.41. The number of aromatic hydroxyl groups is 2. The summed E-state index contributed by atoms with van der Waals surface area (Å²) in [7, 11) is 2.92. The minimum Gasteiger partial charge on any atom is -0.504 e. The lowest BCUT2D eigenvalue weighted by molar-refractivity contribution is 0.0823. The maximum atomic E-state index is 12.9. The third-order valence-corrected chi connectivity index (χ3v) is 4.48. The Bertz CT molecular complexity index is 810. The molecule has 0 bridgehead atoms. The Labute approximate surface area is 145 Å². The summed E-state index contributed by atoms with van der Waals surface area (Å²) in [5.74, 6) is -0.416. The van der Waals surface area contributed by atoms with Crippen molar-refractivity contribution in [3.63, 3.8) is 0 Å². The molecule has 2 aromatic rings. The van der Waals surface area contributed by atoms with E-state index in [0.29, 0.717) is 12.0 Å².